The van der Waals surface area contributed by atoms with Crippen LogP contribution in [0.1, 0.15) is 22.7 Å². The molecule has 1 aliphatic rings. The fourth-order valence-corrected chi connectivity index (χ4v) is 2.74. The third kappa shape index (κ3) is 3.40. The lowest BCUT2D eigenvalue weighted by Crippen LogP contribution is -2.47. The van der Waals surface area contributed by atoms with E-state index in [9.17, 15) is 14.7 Å². The number of hydrogen-bond donors (Lipinski definition) is 2. The van der Waals surface area contributed by atoms with Crippen LogP contribution in [-0.2, 0) is 27.4 Å². The van der Waals surface area contributed by atoms with E-state index in [0.717, 1.165) is 16.7 Å². The highest BCUT2D eigenvalue weighted by Gasteiger charge is 2.34. The summed E-state index contributed by atoms with van der Waals surface area (Å²) >= 11 is 0. The molecule has 0 spiro atoms. The molecule has 1 heterocycles. The molecule has 0 aromatic heterocycles. The maximum atomic E-state index is 12.4. The van der Waals surface area contributed by atoms with Crippen molar-refractivity contribution in [3.05, 3.63) is 71.3 Å². The highest BCUT2D eigenvalue weighted by Crippen LogP contribution is 2.26. The first kappa shape index (κ1) is 15.2. The standard InChI is InChI=1S/C18H17NO4/c20-17(21)15-10-13-8-4-5-9-14(13)16(19-15)18(22)23-11-12-6-2-1-3-7-12/h1-9,15-16,19H,10-11H2,(H,20,21). The van der Waals surface area contributed by atoms with Crippen LogP contribution in [0, 0.1) is 0 Å². The zero-order chi connectivity index (χ0) is 16.2. The van der Waals surface area contributed by atoms with Gasteiger partial charge in [0.15, 0.2) is 0 Å². The molecule has 0 radical (unpaired) electrons. The van der Waals surface area contributed by atoms with Gasteiger partial charge in [0, 0.05) is 0 Å². The Morgan fingerprint density at radius 1 is 1.09 bits per heavy atom. The lowest BCUT2D eigenvalue weighted by molar-refractivity contribution is -0.149. The number of ether oxygens (including phenoxy) is 1. The summed E-state index contributed by atoms with van der Waals surface area (Å²) < 4.78 is 5.36. The monoisotopic (exact) mass is 311 g/mol. The highest BCUT2D eigenvalue weighted by atomic mass is 16.5. The largest absolute Gasteiger partial charge is 0.480 e. The number of carbonyl (C=O) groups is 2. The summed E-state index contributed by atoms with van der Waals surface area (Å²) in [6.07, 6.45) is 0.355. The van der Waals surface area contributed by atoms with Gasteiger partial charge in [-0.05, 0) is 23.1 Å². The van der Waals surface area contributed by atoms with Gasteiger partial charge in [0.1, 0.15) is 18.7 Å². The fourth-order valence-electron chi connectivity index (χ4n) is 2.74. The molecule has 3 rings (SSSR count). The number of esters is 1. The molecular formula is C18H17NO4. The number of hydrogen-bond acceptors (Lipinski definition) is 4. The summed E-state index contributed by atoms with van der Waals surface area (Å²) in [4.78, 5) is 23.7. The van der Waals surface area contributed by atoms with Crippen molar-refractivity contribution in [2.24, 2.45) is 0 Å². The summed E-state index contributed by atoms with van der Waals surface area (Å²) in [7, 11) is 0. The first-order valence-corrected chi connectivity index (χ1v) is 7.42. The van der Waals surface area contributed by atoms with E-state index in [1.165, 1.54) is 0 Å². The summed E-state index contributed by atoms with van der Waals surface area (Å²) in [5.74, 6) is -1.44. The lowest BCUT2D eigenvalue weighted by atomic mass is 9.90. The van der Waals surface area contributed by atoms with Gasteiger partial charge in [-0.15, -0.1) is 0 Å². The van der Waals surface area contributed by atoms with Crippen molar-refractivity contribution >= 4 is 11.9 Å². The van der Waals surface area contributed by atoms with E-state index < -0.39 is 24.0 Å². The third-order valence-electron chi connectivity index (χ3n) is 3.92. The second-order valence-corrected chi connectivity index (χ2v) is 5.49. The summed E-state index contributed by atoms with van der Waals surface area (Å²) in [5, 5.41) is 12.1. The Morgan fingerprint density at radius 3 is 2.52 bits per heavy atom. The van der Waals surface area contributed by atoms with Gasteiger partial charge >= 0.3 is 11.9 Å². The van der Waals surface area contributed by atoms with Crippen molar-refractivity contribution in [2.45, 2.75) is 25.1 Å². The molecule has 2 unspecified atom stereocenters. The molecule has 0 fully saturated rings. The number of rotatable bonds is 4. The molecular weight excluding hydrogens is 294 g/mol. The van der Waals surface area contributed by atoms with Crippen molar-refractivity contribution < 1.29 is 19.4 Å². The van der Waals surface area contributed by atoms with Gasteiger partial charge in [-0.1, -0.05) is 54.6 Å². The highest BCUT2D eigenvalue weighted by molar-refractivity contribution is 5.82. The first-order valence-electron chi connectivity index (χ1n) is 7.42. The molecule has 0 saturated carbocycles. The van der Waals surface area contributed by atoms with Crippen molar-refractivity contribution in [3.63, 3.8) is 0 Å². The normalized spacial score (nSPS) is 19.7. The van der Waals surface area contributed by atoms with Crippen LogP contribution in [0.4, 0.5) is 0 Å². The SMILES string of the molecule is O=C(O)C1Cc2ccccc2C(C(=O)OCc2ccccc2)N1. The number of nitrogens with one attached hydrogen (secondary N) is 1. The van der Waals surface area contributed by atoms with Crippen LogP contribution in [0.15, 0.2) is 54.6 Å². The topological polar surface area (TPSA) is 75.6 Å². The van der Waals surface area contributed by atoms with Crippen molar-refractivity contribution in [1.82, 2.24) is 5.32 Å². The van der Waals surface area contributed by atoms with E-state index in [0.29, 0.717) is 6.42 Å². The van der Waals surface area contributed by atoms with E-state index in [-0.39, 0.29) is 6.61 Å². The van der Waals surface area contributed by atoms with Crippen LogP contribution in [0.3, 0.4) is 0 Å². The van der Waals surface area contributed by atoms with Crippen molar-refractivity contribution in [3.8, 4) is 0 Å². The Labute approximate surface area is 133 Å². The summed E-state index contributed by atoms with van der Waals surface area (Å²) in [6.45, 7) is 0.164. The first-order chi connectivity index (χ1) is 11.1. The number of carbonyl (C=O) groups excluding carboxylic acids is 1. The molecule has 1 aliphatic heterocycles. The molecule has 118 valence electrons. The van der Waals surface area contributed by atoms with E-state index in [2.05, 4.69) is 5.32 Å². The van der Waals surface area contributed by atoms with Crippen LogP contribution in [0.25, 0.3) is 0 Å². The van der Waals surface area contributed by atoms with Gasteiger partial charge in [-0.25, -0.2) is 4.79 Å². The molecule has 0 bridgehead atoms. The maximum Gasteiger partial charge on any atom is 0.328 e. The molecule has 2 atom stereocenters. The number of carboxylic acids is 1. The van der Waals surface area contributed by atoms with Gasteiger partial charge in [0.2, 0.25) is 0 Å². The predicted octanol–water partition coefficient (Wildman–Crippen LogP) is 2.07. The van der Waals surface area contributed by atoms with Gasteiger partial charge in [0.25, 0.3) is 0 Å². The van der Waals surface area contributed by atoms with Gasteiger partial charge < -0.3 is 9.84 Å². The van der Waals surface area contributed by atoms with Crippen molar-refractivity contribution in [2.75, 3.05) is 0 Å². The molecule has 5 heteroatoms. The molecule has 0 saturated heterocycles. The molecule has 5 nitrogen and oxygen atoms in total. The summed E-state index contributed by atoms with van der Waals surface area (Å²) in [6, 6.07) is 15.2. The Bertz CT molecular complexity index is 714. The molecule has 0 amide bonds. The average Bonchev–Trinajstić information content (AvgIpc) is 2.59. The minimum atomic E-state index is -0.972. The van der Waals surface area contributed by atoms with Gasteiger partial charge in [-0.3, -0.25) is 10.1 Å². The zero-order valence-corrected chi connectivity index (χ0v) is 12.4. The van der Waals surface area contributed by atoms with E-state index >= 15 is 0 Å². The van der Waals surface area contributed by atoms with Crippen LogP contribution in [0.5, 0.6) is 0 Å². The Balaban J connectivity index is 1.77. The zero-order valence-electron chi connectivity index (χ0n) is 12.4. The maximum absolute atomic E-state index is 12.4. The number of aliphatic carboxylic acids is 1. The predicted molar refractivity (Wildman–Crippen MR) is 83.7 cm³/mol. The smallest absolute Gasteiger partial charge is 0.328 e. The Hall–Kier alpha value is -2.66. The molecule has 2 N–H and O–H groups in total. The third-order valence-corrected chi connectivity index (χ3v) is 3.92. The Kier molecular flexibility index (Phi) is 4.39. The van der Waals surface area contributed by atoms with E-state index in [4.69, 9.17) is 4.74 Å². The second-order valence-electron chi connectivity index (χ2n) is 5.49. The summed E-state index contributed by atoms with van der Waals surface area (Å²) in [5.41, 5.74) is 2.53. The minimum Gasteiger partial charge on any atom is -0.480 e. The Morgan fingerprint density at radius 2 is 1.78 bits per heavy atom. The number of carboxylic acid groups (broad SMARTS) is 1. The van der Waals surface area contributed by atoms with Crippen molar-refractivity contribution in [1.29, 1.82) is 0 Å². The van der Waals surface area contributed by atoms with Gasteiger partial charge in [-0.2, -0.15) is 0 Å². The molecule has 0 aliphatic carbocycles. The molecule has 23 heavy (non-hydrogen) atoms. The molecule has 2 aromatic rings. The van der Waals surface area contributed by atoms with Crippen LogP contribution >= 0.6 is 0 Å². The minimum absolute atomic E-state index is 0.164. The van der Waals surface area contributed by atoms with Crippen LogP contribution < -0.4 is 5.32 Å². The average molecular weight is 311 g/mol. The van der Waals surface area contributed by atoms with E-state index in [1.807, 2.05) is 54.6 Å². The quantitative estimate of drug-likeness (QED) is 0.846. The molecule has 2 aromatic carbocycles. The fraction of sp³-hybridized carbons (Fsp3) is 0.222. The number of fused-ring (bicyclic) bond motifs is 1. The van der Waals surface area contributed by atoms with E-state index in [1.54, 1.807) is 0 Å². The lowest BCUT2D eigenvalue weighted by Gasteiger charge is -2.29. The van der Waals surface area contributed by atoms with Crippen LogP contribution in [0.2, 0.25) is 0 Å². The van der Waals surface area contributed by atoms with Crippen LogP contribution in [-0.4, -0.2) is 23.1 Å². The van der Waals surface area contributed by atoms with Gasteiger partial charge in [0.05, 0.1) is 0 Å². The number of benzene rings is 2. The second kappa shape index (κ2) is 6.62.